The quantitative estimate of drug-likeness (QED) is 0.683. The normalized spacial score (nSPS) is 13.4. The van der Waals surface area contributed by atoms with E-state index in [-0.39, 0.29) is 0 Å². The summed E-state index contributed by atoms with van der Waals surface area (Å²) in [5.74, 6) is 0. The third-order valence-corrected chi connectivity index (χ3v) is 4.61. The van der Waals surface area contributed by atoms with Crippen LogP contribution in [0.15, 0.2) is 42.5 Å². The van der Waals surface area contributed by atoms with Crippen molar-refractivity contribution in [1.82, 2.24) is 4.98 Å². The lowest BCUT2D eigenvalue weighted by molar-refractivity contribution is 0.901. The minimum atomic E-state index is 0.750. The average Bonchev–Trinajstić information content (AvgIpc) is 2.98. The van der Waals surface area contributed by atoms with Gasteiger partial charge in [0.05, 0.1) is 11.2 Å². The Morgan fingerprint density at radius 1 is 1.09 bits per heavy atom. The van der Waals surface area contributed by atoms with Gasteiger partial charge in [0.1, 0.15) is 0 Å². The largest absolute Gasteiger partial charge is 0.354 e. The number of aryl methyl sites for hydroxylation is 2. The molecule has 3 aromatic rings. The summed E-state index contributed by atoms with van der Waals surface area (Å²) in [6.45, 7) is 2.12. The van der Waals surface area contributed by atoms with E-state index in [1.165, 1.54) is 28.9 Å². The van der Waals surface area contributed by atoms with Crippen molar-refractivity contribution in [1.29, 1.82) is 0 Å². The fraction of sp³-hybridized carbons (Fsp3) is 0.211. The second-order valence-electron chi connectivity index (χ2n) is 5.87. The summed E-state index contributed by atoms with van der Waals surface area (Å²) in [7, 11) is 0. The van der Waals surface area contributed by atoms with Gasteiger partial charge in [-0.2, -0.15) is 0 Å². The molecule has 4 rings (SSSR count). The molecule has 2 aromatic carbocycles. The predicted octanol–water partition coefficient (Wildman–Crippen LogP) is 5.43. The molecule has 0 saturated heterocycles. The fourth-order valence-electron chi connectivity index (χ4n) is 3.23. The fourth-order valence-corrected chi connectivity index (χ4v) is 3.40. The van der Waals surface area contributed by atoms with Crippen LogP contribution in [0.1, 0.15) is 23.2 Å². The molecule has 1 heterocycles. The summed E-state index contributed by atoms with van der Waals surface area (Å²) in [5, 5.41) is 5.50. The Morgan fingerprint density at radius 3 is 2.82 bits per heavy atom. The topological polar surface area (TPSA) is 24.9 Å². The highest BCUT2D eigenvalue weighted by Gasteiger charge is 2.20. The third kappa shape index (κ3) is 2.24. The predicted molar refractivity (Wildman–Crippen MR) is 93.2 cm³/mol. The van der Waals surface area contributed by atoms with Gasteiger partial charge >= 0.3 is 0 Å². The van der Waals surface area contributed by atoms with Gasteiger partial charge in [-0.25, -0.2) is 0 Å². The molecule has 0 unspecified atom stereocenters. The van der Waals surface area contributed by atoms with Crippen LogP contribution in [0.5, 0.6) is 0 Å². The van der Waals surface area contributed by atoms with Crippen LogP contribution in [0.4, 0.5) is 11.4 Å². The summed E-state index contributed by atoms with van der Waals surface area (Å²) in [6.07, 6.45) is 3.32. The molecule has 110 valence electrons. The second-order valence-corrected chi connectivity index (χ2v) is 6.30. The van der Waals surface area contributed by atoms with Crippen molar-refractivity contribution in [3.63, 3.8) is 0 Å². The van der Waals surface area contributed by atoms with E-state index < -0.39 is 0 Å². The van der Waals surface area contributed by atoms with Crippen molar-refractivity contribution < 1.29 is 0 Å². The average molecular weight is 309 g/mol. The molecule has 0 atom stereocenters. The molecule has 1 aliphatic carbocycles. The SMILES string of the molecule is Cc1ccccc1Nc1c2c(nc3ccc(Cl)cc13)CCC2. The van der Waals surface area contributed by atoms with Crippen LogP contribution >= 0.6 is 11.6 Å². The minimum Gasteiger partial charge on any atom is -0.354 e. The number of hydrogen-bond acceptors (Lipinski definition) is 2. The van der Waals surface area contributed by atoms with E-state index in [0.717, 1.165) is 34.5 Å². The number of anilines is 2. The van der Waals surface area contributed by atoms with E-state index in [0.29, 0.717) is 0 Å². The first-order chi connectivity index (χ1) is 10.7. The van der Waals surface area contributed by atoms with Crippen LogP contribution in [0.25, 0.3) is 10.9 Å². The Balaban J connectivity index is 1.95. The van der Waals surface area contributed by atoms with Crippen LogP contribution in [-0.4, -0.2) is 4.98 Å². The number of hydrogen-bond donors (Lipinski definition) is 1. The Morgan fingerprint density at radius 2 is 1.95 bits per heavy atom. The molecular weight excluding hydrogens is 292 g/mol. The number of rotatable bonds is 2. The van der Waals surface area contributed by atoms with Gasteiger partial charge in [-0.3, -0.25) is 4.98 Å². The number of pyridine rings is 1. The molecule has 0 aliphatic heterocycles. The van der Waals surface area contributed by atoms with Crippen molar-refractivity contribution in [2.24, 2.45) is 0 Å². The first-order valence-electron chi connectivity index (χ1n) is 7.66. The highest BCUT2D eigenvalue weighted by molar-refractivity contribution is 6.31. The molecule has 0 bridgehead atoms. The van der Waals surface area contributed by atoms with E-state index in [1.54, 1.807) is 0 Å². The maximum Gasteiger partial charge on any atom is 0.0727 e. The molecule has 1 aliphatic rings. The second kappa shape index (κ2) is 5.29. The van der Waals surface area contributed by atoms with E-state index in [4.69, 9.17) is 16.6 Å². The van der Waals surface area contributed by atoms with Crippen molar-refractivity contribution in [3.05, 3.63) is 64.3 Å². The van der Waals surface area contributed by atoms with Gasteiger partial charge in [0.25, 0.3) is 0 Å². The van der Waals surface area contributed by atoms with Crippen LogP contribution in [0.3, 0.4) is 0 Å². The molecule has 2 nitrogen and oxygen atoms in total. The van der Waals surface area contributed by atoms with Crippen molar-refractivity contribution in [2.45, 2.75) is 26.2 Å². The Kier molecular flexibility index (Phi) is 3.27. The van der Waals surface area contributed by atoms with E-state index in [9.17, 15) is 0 Å². The van der Waals surface area contributed by atoms with E-state index in [1.807, 2.05) is 18.2 Å². The lowest BCUT2D eigenvalue weighted by Crippen LogP contribution is -2.01. The summed E-state index contributed by atoms with van der Waals surface area (Å²) in [4.78, 5) is 4.82. The van der Waals surface area contributed by atoms with Gasteiger partial charge in [0.15, 0.2) is 0 Å². The van der Waals surface area contributed by atoms with Gasteiger partial charge in [0, 0.05) is 21.8 Å². The highest BCUT2D eigenvalue weighted by atomic mass is 35.5. The minimum absolute atomic E-state index is 0.750. The number of para-hydroxylation sites is 1. The Hall–Kier alpha value is -2.06. The van der Waals surface area contributed by atoms with Gasteiger partial charge in [-0.1, -0.05) is 29.8 Å². The molecule has 0 saturated carbocycles. The number of nitrogens with one attached hydrogen (secondary N) is 1. The van der Waals surface area contributed by atoms with E-state index in [2.05, 4.69) is 36.5 Å². The zero-order chi connectivity index (χ0) is 15.1. The van der Waals surface area contributed by atoms with Crippen LogP contribution in [0, 0.1) is 6.92 Å². The number of halogens is 1. The van der Waals surface area contributed by atoms with Gasteiger partial charge in [-0.05, 0) is 61.6 Å². The van der Waals surface area contributed by atoms with Crippen molar-refractivity contribution in [3.8, 4) is 0 Å². The molecular formula is C19H17ClN2. The van der Waals surface area contributed by atoms with Crippen LogP contribution < -0.4 is 5.32 Å². The maximum atomic E-state index is 6.22. The van der Waals surface area contributed by atoms with Crippen LogP contribution in [0.2, 0.25) is 5.02 Å². The number of nitrogens with zero attached hydrogens (tertiary/aromatic N) is 1. The lowest BCUT2D eigenvalue weighted by Gasteiger charge is -2.16. The zero-order valence-corrected chi connectivity index (χ0v) is 13.2. The zero-order valence-electron chi connectivity index (χ0n) is 12.5. The monoisotopic (exact) mass is 308 g/mol. The van der Waals surface area contributed by atoms with Crippen molar-refractivity contribution >= 4 is 33.9 Å². The third-order valence-electron chi connectivity index (χ3n) is 4.38. The van der Waals surface area contributed by atoms with Gasteiger partial charge < -0.3 is 5.32 Å². The van der Waals surface area contributed by atoms with Gasteiger partial charge in [0.2, 0.25) is 0 Å². The molecule has 22 heavy (non-hydrogen) atoms. The molecule has 0 amide bonds. The first-order valence-corrected chi connectivity index (χ1v) is 8.04. The molecule has 1 aromatic heterocycles. The molecule has 0 fully saturated rings. The molecule has 1 N–H and O–H groups in total. The number of aromatic nitrogens is 1. The smallest absolute Gasteiger partial charge is 0.0727 e. The van der Waals surface area contributed by atoms with Crippen molar-refractivity contribution in [2.75, 3.05) is 5.32 Å². The summed E-state index contributed by atoms with van der Waals surface area (Å²) >= 11 is 6.22. The standard InChI is InChI=1S/C19H17ClN2/c1-12-5-2-3-7-16(12)22-19-14-6-4-8-17(14)21-18-10-9-13(20)11-15(18)19/h2-3,5,7,9-11H,4,6,8H2,1H3,(H,21,22). The number of fused-ring (bicyclic) bond motifs is 2. The summed E-state index contributed by atoms with van der Waals surface area (Å²) in [5.41, 5.74) is 7.14. The lowest BCUT2D eigenvalue weighted by atomic mass is 10.1. The first kappa shape index (κ1) is 13.6. The van der Waals surface area contributed by atoms with Gasteiger partial charge in [-0.15, -0.1) is 0 Å². The highest BCUT2D eigenvalue weighted by Crippen LogP contribution is 2.37. The molecule has 0 spiro atoms. The molecule has 3 heteroatoms. The summed E-state index contributed by atoms with van der Waals surface area (Å²) in [6, 6.07) is 14.3. The van der Waals surface area contributed by atoms with E-state index >= 15 is 0 Å². The van der Waals surface area contributed by atoms with Crippen LogP contribution in [-0.2, 0) is 12.8 Å². The Labute approximate surface area is 135 Å². The molecule has 0 radical (unpaired) electrons. The number of benzene rings is 2. The maximum absolute atomic E-state index is 6.22. The Bertz CT molecular complexity index is 871. The summed E-state index contributed by atoms with van der Waals surface area (Å²) < 4.78 is 0.